The number of aryl methyl sites for hydroxylation is 2. The van der Waals surface area contributed by atoms with Gasteiger partial charge in [0, 0.05) is 45.6 Å². The largest absolute Gasteiger partial charge is 0.361 e. The van der Waals surface area contributed by atoms with E-state index in [1.807, 2.05) is 17.9 Å². The third-order valence-electron chi connectivity index (χ3n) is 4.04. The van der Waals surface area contributed by atoms with Crippen molar-refractivity contribution < 1.29 is 13.8 Å². The van der Waals surface area contributed by atoms with E-state index in [1.54, 1.807) is 13.8 Å². The third kappa shape index (κ3) is 3.76. The van der Waals surface area contributed by atoms with E-state index < -0.39 is 0 Å². The molecule has 0 saturated carbocycles. The number of hydrogen-bond acceptors (Lipinski definition) is 7. The predicted octanol–water partition coefficient (Wildman–Crippen LogP) is 1.30. The summed E-state index contributed by atoms with van der Waals surface area (Å²) in [5, 5.41) is 7.91. The molecule has 2 aromatic heterocycles. The van der Waals surface area contributed by atoms with E-state index in [4.69, 9.17) is 9.05 Å². The molecule has 1 fully saturated rings. The zero-order chi connectivity index (χ0) is 16.4. The fourth-order valence-corrected chi connectivity index (χ4v) is 2.99. The van der Waals surface area contributed by atoms with Gasteiger partial charge in [-0.05, 0) is 13.3 Å². The van der Waals surface area contributed by atoms with Crippen LogP contribution in [0.2, 0.25) is 0 Å². The molecule has 124 valence electrons. The van der Waals surface area contributed by atoms with Gasteiger partial charge in [-0.15, -0.1) is 0 Å². The van der Waals surface area contributed by atoms with Crippen molar-refractivity contribution in [2.45, 2.75) is 46.3 Å². The smallest absolute Gasteiger partial charge is 0.223 e. The second-order valence-corrected chi connectivity index (χ2v) is 5.98. The molecule has 8 nitrogen and oxygen atoms in total. The minimum absolute atomic E-state index is 0.0246. The number of aromatic nitrogens is 3. The van der Waals surface area contributed by atoms with Gasteiger partial charge >= 0.3 is 0 Å². The fourth-order valence-electron chi connectivity index (χ4n) is 2.99. The lowest BCUT2D eigenvalue weighted by Gasteiger charge is -2.26. The van der Waals surface area contributed by atoms with Gasteiger partial charge in [0.15, 0.2) is 5.82 Å². The Morgan fingerprint density at radius 3 is 2.83 bits per heavy atom. The Bertz CT molecular complexity index is 680. The zero-order valence-electron chi connectivity index (χ0n) is 13.7. The highest BCUT2D eigenvalue weighted by molar-refractivity contribution is 5.73. The highest BCUT2D eigenvalue weighted by Gasteiger charge is 2.30. The number of carbonyl (C=O) groups excluding carboxylic acids is 1. The molecular formula is C15H21N5O3. The molecule has 1 unspecified atom stereocenters. The van der Waals surface area contributed by atoms with Crippen molar-refractivity contribution in [3.05, 3.63) is 29.2 Å². The van der Waals surface area contributed by atoms with Crippen molar-refractivity contribution in [3.63, 3.8) is 0 Å². The molecule has 0 bridgehead atoms. The molecule has 1 aliphatic rings. The summed E-state index contributed by atoms with van der Waals surface area (Å²) in [7, 11) is 0. The SMILES string of the molecule is CC(=O)N(Cc1noc(C)n1)C1CCN(Cc2cc(C)on2)C1. The molecule has 1 saturated heterocycles. The topological polar surface area (TPSA) is 88.5 Å². The van der Waals surface area contributed by atoms with Gasteiger partial charge in [-0.25, -0.2) is 0 Å². The average molecular weight is 319 g/mol. The summed E-state index contributed by atoms with van der Waals surface area (Å²) in [5.41, 5.74) is 0.923. The maximum absolute atomic E-state index is 12.0. The third-order valence-corrected chi connectivity index (χ3v) is 4.04. The number of carbonyl (C=O) groups is 1. The van der Waals surface area contributed by atoms with Crippen LogP contribution in [0.5, 0.6) is 0 Å². The Balaban J connectivity index is 1.61. The molecular weight excluding hydrogens is 298 g/mol. The monoisotopic (exact) mass is 319 g/mol. The molecule has 0 N–H and O–H groups in total. The standard InChI is InChI=1S/C15H21N5O3/c1-10-6-13(17-22-10)7-19-5-4-14(8-19)20(12(3)21)9-15-16-11(2)23-18-15/h6,14H,4-5,7-9H2,1-3H3. The summed E-state index contributed by atoms with van der Waals surface area (Å²) in [5.74, 6) is 1.89. The lowest BCUT2D eigenvalue weighted by molar-refractivity contribution is -0.131. The summed E-state index contributed by atoms with van der Waals surface area (Å²) < 4.78 is 10.1. The van der Waals surface area contributed by atoms with Gasteiger partial charge in [-0.2, -0.15) is 4.98 Å². The second kappa shape index (κ2) is 6.49. The van der Waals surface area contributed by atoms with Gasteiger partial charge in [0.2, 0.25) is 11.8 Å². The first-order chi connectivity index (χ1) is 11.0. The lowest BCUT2D eigenvalue weighted by atomic mass is 10.2. The number of likely N-dealkylation sites (tertiary alicyclic amines) is 1. The first-order valence-electron chi connectivity index (χ1n) is 7.72. The predicted molar refractivity (Wildman–Crippen MR) is 80.2 cm³/mol. The van der Waals surface area contributed by atoms with Crippen LogP contribution in [0, 0.1) is 13.8 Å². The maximum Gasteiger partial charge on any atom is 0.223 e. The summed E-state index contributed by atoms with van der Waals surface area (Å²) >= 11 is 0. The summed E-state index contributed by atoms with van der Waals surface area (Å²) in [6.07, 6.45) is 0.924. The van der Waals surface area contributed by atoms with Crippen LogP contribution in [-0.2, 0) is 17.9 Å². The molecule has 8 heteroatoms. The highest BCUT2D eigenvalue weighted by atomic mass is 16.5. The van der Waals surface area contributed by atoms with Gasteiger partial charge in [0.25, 0.3) is 0 Å². The molecule has 23 heavy (non-hydrogen) atoms. The zero-order valence-corrected chi connectivity index (χ0v) is 13.7. The van der Waals surface area contributed by atoms with Crippen molar-refractivity contribution in [1.29, 1.82) is 0 Å². The quantitative estimate of drug-likeness (QED) is 0.820. The number of amides is 1. The molecule has 2 aromatic rings. The molecule has 0 spiro atoms. The van der Waals surface area contributed by atoms with Crippen molar-refractivity contribution >= 4 is 5.91 Å². The van der Waals surface area contributed by atoms with Gasteiger partial charge in [-0.1, -0.05) is 10.3 Å². The van der Waals surface area contributed by atoms with Crippen LogP contribution in [-0.4, -0.2) is 50.1 Å². The number of rotatable bonds is 5. The lowest BCUT2D eigenvalue weighted by Crippen LogP contribution is -2.40. The molecule has 3 heterocycles. The van der Waals surface area contributed by atoms with E-state index in [2.05, 4.69) is 20.2 Å². The Labute approximate surface area is 134 Å². The van der Waals surface area contributed by atoms with Crippen LogP contribution in [0.3, 0.4) is 0 Å². The van der Waals surface area contributed by atoms with Crippen molar-refractivity contribution in [2.75, 3.05) is 13.1 Å². The maximum atomic E-state index is 12.0. The normalized spacial score (nSPS) is 18.5. The molecule has 0 aromatic carbocycles. The fraction of sp³-hybridized carbons (Fsp3) is 0.600. The van der Waals surface area contributed by atoms with Gasteiger partial charge in [0.1, 0.15) is 5.76 Å². The van der Waals surface area contributed by atoms with Crippen molar-refractivity contribution in [3.8, 4) is 0 Å². The number of nitrogens with zero attached hydrogens (tertiary/aromatic N) is 5. The van der Waals surface area contributed by atoms with Crippen molar-refractivity contribution in [1.82, 2.24) is 25.1 Å². The van der Waals surface area contributed by atoms with E-state index >= 15 is 0 Å². The van der Waals surface area contributed by atoms with Gasteiger partial charge in [0.05, 0.1) is 12.2 Å². The van der Waals surface area contributed by atoms with Crippen LogP contribution in [0.15, 0.2) is 15.1 Å². The molecule has 1 atom stereocenters. The average Bonchev–Trinajstić information content (AvgIpc) is 3.19. The van der Waals surface area contributed by atoms with E-state index in [0.717, 1.165) is 37.5 Å². The summed E-state index contributed by atoms with van der Waals surface area (Å²) in [6.45, 7) is 8.05. The number of hydrogen-bond donors (Lipinski definition) is 0. The van der Waals surface area contributed by atoms with Gasteiger partial charge in [-0.3, -0.25) is 9.69 Å². The van der Waals surface area contributed by atoms with Crippen LogP contribution >= 0.6 is 0 Å². The summed E-state index contributed by atoms with van der Waals surface area (Å²) in [6, 6.07) is 2.09. The Morgan fingerprint density at radius 2 is 2.22 bits per heavy atom. The first kappa shape index (κ1) is 15.7. The van der Waals surface area contributed by atoms with E-state index in [0.29, 0.717) is 18.3 Å². The molecule has 0 radical (unpaired) electrons. The van der Waals surface area contributed by atoms with Gasteiger partial charge < -0.3 is 13.9 Å². The summed E-state index contributed by atoms with van der Waals surface area (Å²) in [4.78, 5) is 20.3. The highest BCUT2D eigenvalue weighted by Crippen LogP contribution is 2.20. The Morgan fingerprint density at radius 1 is 1.39 bits per heavy atom. The minimum Gasteiger partial charge on any atom is -0.361 e. The van der Waals surface area contributed by atoms with Crippen LogP contribution in [0.25, 0.3) is 0 Å². The van der Waals surface area contributed by atoms with Crippen LogP contribution in [0.1, 0.15) is 36.5 Å². The molecule has 0 aliphatic carbocycles. The van der Waals surface area contributed by atoms with E-state index in [9.17, 15) is 4.79 Å². The minimum atomic E-state index is 0.0246. The molecule has 3 rings (SSSR count). The molecule has 1 aliphatic heterocycles. The van der Waals surface area contributed by atoms with E-state index in [-0.39, 0.29) is 11.9 Å². The van der Waals surface area contributed by atoms with E-state index in [1.165, 1.54) is 0 Å². The Kier molecular flexibility index (Phi) is 4.42. The first-order valence-corrected chi connectivity index (χ1v) is 7.72. The van der Waals surface area contributed by atoms with Crippen LogP contribution < -0.4 is 0 Å². The second-order valence-electron chi connectivity index (χ2n) is 5.98. The van der Waals surface area contributed by atoms with Crippen molar-refractivity contribution in [2.24, 2.45) is 0 Å². The Hall–Kier alpha value is -2.22. The van der Waals surface area contributed by atoms with Crippen LogP contribution in [0.4, 0.5) is 0 Å². The molecule has 1 amide bonds.